The van der Waals surface area contributed by atoms with Crippen LogP contribution in [0.2, 0.25) is 0 Å². The highest BCUT2D eigenvalue weighted by Crippen LogP contribution is 2.23. The van der Waals surface area contributed by atoms with Crippen molar-refractivity contribution in [2.75, 3.05) is 20.3 Å². The third-order valence-corrected chi connectivity index (χ3v) is 3.06. The first-order valence-electron chi connectivity index (χ1n) is 7.08. The molecule has 0 aliphatic carbocycles. The number of ether oxygens (including phenoxy) is 2. The van der Waals surface area contributed by atoms with Crippen LogP contribution in [0.1, 0.15) is 44.4 Å². The number of methoxy groups -OCH3 is 1. The molecule has 0 aromatic heterocycles. The van der Waals surface area contributed by atoms with Gasteiger partial charge in [0.25, 0.3) is 0 Å². The minimum atomic E-state index is 0.243. The van der Waals surface area contributed by atoms with Crippen LogP contribution in [0.3, 0.4) is 0 Å². The molecule has 0 bridgehead atoms. The van der Waals surface area contributed by atoms with Crippen LogP contribution in [0.25, 0.3) is 0 Å². The number of hydrogen-bond donors (Lipinski definition) is 1. The van der Waals surface area contributed by atoms with Gasteiger partial charge in [-0.05, 0) is 50.9 Å². The molecule has 0 amide bonds. The van der Waals surface area contributed by atoms with E-state index in [-0.39, 0.29) is 12.1 Å². The lowest BCUT2D eigenvalue weighted by molar-refractivity contribution is 0.0611. The highest BCUT2D eigenvalue weighted by atomic mass is 16.5. The predicted molar refractivity (Wildman–Crippen MR) is 79.9 cm³/mol. The topological polar surface area (TPSA) is 30.5 Å². The summed E-state index contributed by atoms with van der Waals surface area (Å²) in [6.07, 6.45) is 1.37. The van der Waals surface area contributed by atoms with Gasteiger partial charge in [0.15, 0.2) is 0 Å². The zero-order valence-electron chi connectivity index (χ0n) is 12.8. The largest absolute Gasteiger partial charge is 0.496 e. The van der Waals surface area contributed by atoms with Gasteiger partial charge in [0.2, 0.25) is 0 Å². The van der Waals surface area contributed by atoms with Gasteiger partial charge in [-0.25, -0.2) is 0 Å². The summed E-state index contributed by atoms with van der Waals surface area (Å²) in [7, 11) is 1.71. The molecule has 0 aliphatic rings. The van der Waals surface area contributed by atoms with Gasteiger partial charge in [0, 0.05) is 0 Å². The van der Waals surface area contributed by atoms with Gasteiger partial charge >= 0.3 is 0 Å². The molecule has 1 N–H and O–H groups in total. The van der Waals surface area contributed by atoms with Crippen LogP contribution in [0, 0.1) is 6.92 Å². The van der Waals surface area contributed by atoms with Crippen LogP contribution in [-0.4, -0.2) is 26.4 Å². The Morgan fingerprint density at radius 2 is 2.00 bits per heavy atom. The van der Waals surface area contributed by atoms with E-state index in [0.717, 1.165) is 24.3 Å². The van der Waals surface area contributed by atoms with Gasteiger partial charge in [-0.15, -0.1) is 0 Å². The first kappa shape index (κ1) is 16.0. The maximum absolute atomic E-state index is 5.76. The Hall–Kier alpha value is -1.06. The van der Waals surface area contributed by atoms with Gasteiger partial charge in [0.05, 0.1) is 25.9 Å². The van der Waals surface area contributed by atoms with Gasteiger partial charge in [0.1, 0.15) is 5.75 Å². The zero-order chi connectivity index (χ0) is 14.3. The van der Waals surface area contributed by atoms with E-state index < -0.39 is 0 Å². The molecule has 0 fully saturated rings. The fourth-order valence-corrected chi connectivity index (χ4v) is 2.00. The fraction of sp³-hybridized carbons (Fsp3) is 0.625. The second kappa shape index (κ2) is 8.18. The van der Waals surface area contributed by atoms with E-state index in [1.165, 1.54) is 5.56 Å². The van der Waals surface area contributed by atoms with Gasteiger partial charge < -0.3 is 14.8 Å². The summed E-state index contributed by atoms with van der Waals surface area (Å²) in [5.74, 6) is 0.933. The Balaban J connectivity index is 2.80. The van der Waals surface area contributed by atoms with Crippen LogP contribution in [0.5, 0.6) is 5.75 Å². The maximum atomic E-state index is 5.76. The van der Waals surface area contributed by atoms with Gasteiger partial charge in [-0.3, -0.25) is 0 Å². The molecule has 1 atom stereocenters. The Morgan fingerprint density at radius 3 is 2.53 bits per heavy atom. The summed E-state index contributed by atoms with van der Waals surface area (Å²) in [5.41, 5.74) is 2.42. The summed E-state index contributed by atoms with van der Waals surface area (Å²) < 4.78 is 11.1. The van der Waals surface area contributed by atoms with Crippen molar-refractivity contribution in [3.05, 3.63) is 29.3 Å². The molecule has 1 unspecified atom stereocenters. The van der Waals surface area contributed by atoms with Crippen molar-refractivity contribution in [2.45, 2.75) is 46.3 Å². The Kier molecular flexibility index (Phi) is 6.89. The molecule has 1 aromatic rings. The third-order valence-electron chi connectivity index (χ3n) is 3.06. The molecule has 1 rings (SSSR count). The molecule has 0 spiro atoms. The summed E-state index contributed by atoms with van der Waals surface area (Å²) in [6, 6.07) is 6.56. The maximum Gasteiger partial charge on any atom is 0.121 e. The van der Waals surface area contributed by atoms with Crippen LogP contribution >= 0.6 is 0 Å². The normalized spacial score (nSPS) is 12.7. The van der Waals surface area contributed by atoms with E-state index in [2.05, 4.69) is 45.1 Å². The van der Waals surface area contributed by atoms with Crippen molar-refractivity contribution < 1.29 is 9.47 Å². The average molecular weight is 265 g/mol. The van der Waals surface area contributed by atoms with Crippen LogP contribution in [0.15, 0.2) is 18.2 Å². The van der Waals surface area contributed by atoms with Crippen LogP contribution in [0.4, 0.5) is 0 Å². The molecule has 3 heteroatoms. The summed E-state index contributed by atoms with van der Waals surface area (Å²) in [4.78, 5) is 0. The minimum absolute atomic E-state index is 0.243. The monoisotopic (exact) mass is 265 g/mol. The van der Waals surface area contributed by atoms with E-state index in [0.29, 0.717) is 6.61 Å². The van der Waals surface area contributed by atoms with Gasteiger partial charge in [-0.2, -0.15) is 0 Å². The average Bonchev–Trinajstić information content (AvgIpc) is 2.38. The second-order valence-electron chi connectivity index (χ2n) is 5.12. The second-order valence-corrected chi connectivity index (χ2v) is 5.12. The van der Waals surface area contributed by atoms with E-state index in [4.69, 9.17) is 9.47 Å². The molecule has 108 valence electrons. The van der Waals surface area contributed by atoms with E-state index >= 15 is 0 Å². The lowest BCUT2D eigenvalue weighted by atomic mass is 10.0. The van der Waals surface area contributed by atoms with E-state index in [1.54, 1.807) is 7.11 Å². The number of rotatable bonds is 8. The number of benzene rings is 1. The molecular formula is C16H27NO2. The lowest BCUT2D eigenvalue weighted by Crippen LogP contribution is -2.27. The fourth-order valence-electron chi connectivity index (χ4n) is 2.00. The van der Waals surface area contributed by atoms with Gasteiger partial charge in [-0.1, -0.05) is 19.1 Å². The van der Waals surface area contributed by atoms with Crippen molar-refractivity contribution >= 4 is 0 Å². The molecule has 0 saturated heterocycles. The standard InChI is InChI=1S/C16H27NO2/c1-6-9-17-15(11-19-12(2)3)14-7-8-16(18-5)13(4)10-14/h7-8,10,12,15,17H,6,9,11H2,1-5H3. The SMILES string of the molecule is CCCNC(COC(C)C)c1ccc(OC)c(C)c1. The Labute approximate surface area is 117 Å². The summed E-state index contributed by atoms with van der Waals surface area (Å²) >= 11 is 0. The molecule has 19 heavy (non-hydrogen) atoms. The summed E-state index contributed by atoms with van der Waals surface area (Å²) in [6.45, 7) is 10.1. The minimum Gasteiger partial charge on any atom is -0.496 e. The highest BCUT2D eigenvalue weighted by molar-refractivity contribution is 5.37. The number of hydrogen-bond acceptors (Lipinski definition) is 3. The van der Waals surface area contributed by atoms with E-state index in [1.807, 2.05) is 6.07 Å². The molecule has 0 radical (unpaired) electrons. The Morgan fingerprint density at radius 1 is 1.26 bits per heavy atom. The summed E-state index contributed by atoms with van der Waals surface area (Å²) in [5, 5.41) is 3.54. The quantitative estimate of drug-likeness (QED) is 0.780. The molecule has 3 nitrogen and oxygen atoms in total. The van der Waals surface area contributed by atoms with Crippen molar-refractivity contribution in [2.24, 2.45) is 0 Å². The van der Waals surface area contributed by atoms with E-state index in [9.17, 15) is 0 Å². The smallest absolute Gasteiger partial charge is 0.121 e. The van der Waals surface area contributed by atoms with Crippen molar-refractivity contribution in [3.63, 3.8) is 0 Å². The lowest BCUT2D eigenvalue weighted by Gasteiger charge is -2.21. The highest BCUT2D eigenvalue weighted by Gasteiger charge is 2.13. The number of nitrogens with one attached hydrogen (secondary N) is 1. The molecule has 0 aliphatic heterocycles. The first-order chi connectivity index (χ1) is 9.08. The van der Waals surface area contributed by atoms with Crippen molar-refractivity contribution in [1.82, 2.24) is 5.32 Å². The predicted octanol–water partition coefficient (Wildman–Crippen LogP) is 3.47. The Bertz CT molecular complexity index is 377. The van der Waals surface area contributed by atoms with Crippen LogP contribution in [-0.2, 0) is 4.74 Å². The molecular weight excluding hydrogens is 238 g/mol. The zero-order valence-corrected chi connectivity index (χ0v) is 12.8. The molecule has 0 heterocycles. The molecule has 0 saturated carbocycles. The molecule has 1 aromatic carbocycles. The van der Waals surface area contributed by atoms with Crippen LogP contribution < -0.4 is 10.1 Å². The van der Waals surface area contributed by atoms with Crippen molar-refractivity contribution in [3.8, 4) is 5.75 Å². The third kappa shape index (κ3) is 5.21. The number of aryl methyl sites for hydroxylation is 1. The van der Waals surface area contributed by atoms with Crippen molar-refractivity contribution in [1.29, 1.82) is 0 Å². The first-order valence-corrected chi connectivity index (χ1v) is 7.08.